The molecule has 1 aliphatic heterocycles. The minimum Gasteiger partial charge on any atom is -0.495 e. The molecule has 0 unspecified atom stereocenters. The largest absolute Gasteiger partial charge is 0.495 e. The molecule has 0 aliphatic carbocycles. The van der Waals surface area contributed by atoms with E-state index in [1.807, 2.05) is 18.5 Å². The molecule has 0 spiro atoms. The number of piperidine rings is 1. The van der Waals surface area contributed by atoms with Gasteiger partial charge in [0, 0.05) is 30.4 Å². The molecule has 2 aromatic heterocycles. The molecule has 1 amide bonds. The molecular weight excluding hydrogens is 378 g/mol. The smallest absolute Gasteiger partial charge is 0.238 e. The maximum atomic E-state index is 12.5. The van der Waals surface area contributed by atoms with Gasteiger partial charge in [0.25, 0.3) is 0 Å². The van der Waals surface area contributed by atoms with Crippen LogP contribution in [0.15, 0.2) is 42.9 Å². The van der Waals surface area contributed by atoms with E-state index in [1.54, 1.807) is 31.5 Å². The van der Waals surface area contributed by atoms with Crippen LogP contribution in [0, 0.1) is 0 Å². The molecule has 4 rings (SSSR count). The number of ether oxygens (including phenoxy) is 1. The lowest BCUT2D eigenvalue weighted by atomic mass is 10.0. The Morgan fingerprint density at radius 3 is 2.89 bits per heavy atom. The summed E-state index contributed by atoms with van der Waals surface area (Å²) in [6.45, 7) is 2.03. The van der Waals surface area contributed by atoms with Crippen molar-refractivity contribution in [2.24, 2.45) is 0 Å². The average molecular weight is 400 g/mol. The number of hydrogen-bond donors (Lipinski definition) is 1. The number of nitrogens with zero attached hydrogens (tertiary/aromatic N) is 4. The first kappa shape index (κ1) is 18.7. The maximum Gasteiger partial charge on any atom is 0.238 e. The Hall–Kier alpha value is -2.64. The van der Waals surface area contributed by atoms with E-state index < -0.39 is 0 Å². The number of imidazole rings is 1. The summed E-state index contributed by atoms with van der Waals surface area (Å²) >= 11 is 6.03. The third kappa shape index (κ3) is 3.95. The fourth-order valence-electron chi connectivity index (χ4n) is 3.66. The number of methoxy groups -OCH3 is 1. The number of benzene rings is 1. The quantitative estimate of drug-likeness (QED) is 0.712. The van der Waals surface area contributed by atoms with Crippen LogP contribution in [0.4, 0.5) is 5.69 Å². The summed E-state index contributed by atoms with van der Waals surface area (Å²) in [6, 6.07) is 9.40. The van der Waals surface area contributed by atoms with Gasteiger partial charge >= 0.3 is 0 Å². The highest BCUT2D eigenvalue weighted by Gasteiger charge is 2.23. The zero-order valence-electron chi connectivity index (χ0n) is 15.6. The predicted octanol–water partition coefficient (Wildman–Crippen LogP) is 3.37. The van der Waals surface area contributed by atoms with Crippen LogP contribution in [0.5, 0.6) is 5.75 Å². The molecule has 7 nitrogen and oxygen atoms in total. The zero-order chi connectivity index (χ0) is 19.5. The SMILES string of the molecule is COc1ccc(Cl)cc1NC(=O)CN1CCC(n2cnc3cccnc32)CC1. The first-order valence-electron chi connectivity index (χ1n) is 9.27. The third-order valence-electron chi connectivity index (χ3n) is 5.09. The third-order valence-corrected chi connectivity index (χ3v) is 5.32. The predicted molar refractivity (Wildman–Crippen MR) is 109 cm³/mol. The van der Waals surface area contributed by atoms with Gasteiger partial charge in [0.1, 0.15) is 11.3 Å². The van der Waals surface area contributed by atoms with Crippen LogP contribution >= 0.6 is 11.6 Å². The van der Waals surface area contributed by atoms with Gasteiger partial charge < -0.3 is 14.6 Å². The molecule has 8 heteroatoms. The summed E-state index contributed by atoms with van der Waals surface area (Å²) in [7, 11) is 1.57. The highest BCUT2D eigenvalue weighted by molar-refractivity contribution is 6.31. The van der Waals surface area contributed by atoms with Gasteiger partial charge in [0.15, 0.2) is 5.65 Å². The zero-order valence-corrected chi connectivity index (χ0v) is 16.4. The van der Waals surface area contributed by atoms with Crippen molar-refractivity contribution in [2.75, 3.05) is 32.1 Å². The Labute approximate surface area is 168 Å². The van der Waals surface area contributed by atoms with Crippen LogP contribution in [0.3, 0.4) is 0 Å². The number of anilines is 1. The second-order valence-corrected chi connectivity index (χ2v) is 7.33. The van der Waals surface area contributed by atoms with Crippen LogP contribution in [0.1, 0.15) is 18.9 Å². The molecule has 0 atom stereocenters. The van der Waals surface area contributed by atoms with E-state index in [4.69, 9.17) is 16.3 Å². The molecule has 1 aromatic carbocycles. The number of fused-ring (bicyclic) bond motifs is 1. The van der Waals surface area contributed by atoms with Crippen molar-refractivity contribution in [3.63, 3.8) is 0 Å². The number of amides is 1. The Bertz CT molecular complexity index is 982. The lowest BCUT2D eigenvalue weighted by Gasteiger charge is -2.32. The number of likely N-dealkylation sites (tertiary alicyclic amines) is 1. The van der Waals surface area contributed by atoms with Crippen molar-refractivity contribution in [2.45, 2.75) is 18.9 Å². The molecule has 1 aliphatic rings. The molecule has 0 radical (unpaired) electrons. The monoisotopic (exact) mass is 399 g/mol. The second-order valence-electron chi connectivity index (χ2n) is 6.90. The van der Waals surface area contributed by atoms with E-state index in [9.17, 15) is 4.79 Å². The molecule has 1 fully saturated rings. The molecule has 0 bridgehead atoms. The molecule has 1 N–H and O–H groups in total. The summed E-state index contributed by atoms with van der Waals surface area (Å²) in [5.41, 5.74) is 2.43. The summed E-state index contributed by atoms with van der Waals surface area (Å²) in [6.07, 6.45) is 5.58. The topological polar surface area (TPSA) is 72.3 Å². The number of nitrogens with one attached hydrogen (secondary N) is 1. The lowest BCUT2D eigenvalue weighted by Crippen LogP contribution is -2.39. The molecule has 1 saturated heterocycles. The van der Waals surface area contributed by atoms with Gasteiger partial charge in [-0.25, -0.2) is 9.97 Å². The van der Waals surface area contributed by atoms with Crippen LogP contribution in [0.25, 0.3) is 11.2 Å². The van der Waals surface area contributed by atoms with Crippen molar-refractivity contribution in [3.05, 3.63) is 47.9 Å². The fraction of sp³-hybridized carbons (Fsp3) is 0.350. The Morgan fingerprint density at radius 1 is 1.29 bits per heavy atom. The number of halogens is 1. The van der Waals surface area contributed by atoms with E-state index in [0.29, 0.717) is 29.0 Å². The van der Waals surface area contributed by atoms with Gasteiger partial charge in [-0.1, -0.05) is 11.6 Å². The number of pyridine rings is 1. The summed E-state index contributed by atoms with van der Waals surface area (Å²) in [4.78, 5) is 23.5. The highest BCUT2D eigenvalue weighted by atomic mass is 35.5. The minimum atomic E-state index is -0.0752. The van der Waals surface area contributed by atoms with Gasteiger partial charge in [0.05, 0.1) is 25.7 Å². The first-order chi connectivity index (χ1) is 13.6. The number of carbonyl (C=O) groups is 1. The van der Waals surface area contributed by atoms with E-state index >= 15 is 0 Å². The lowest BCUT2D eigenvalue weighted by molar-refractivity contribution is -0.117. The van der Waals surface area contributed by atoms with Crippen molar-refractivity contribution in [1.82, 2.24) is 19.4 Å². The highest BCUT2D eigenvalue weighted by Crippen LogP contribution is 2.28. The van der Waals surface area contributed by atoms with Crippen molar-refractivity contribution < 1.29 is 9.53 Å². The number of hydrogen-bond acceptors (Lipinski definition) is 5. The number of carbonyl (C=O) groups excluding carboxylic acids is 1. The molecule has 0 saturated carbocycles. The van der Waals surface area contributed by atoms with E-state index in [-0.39, 0.29) is 5.91 Å². The maximum absolute atomic E-state index is 12.5. The molecule has 3 heterocycles. The van der Waals surface area contributed by atoms with Gasteiger partial charge in [-0.15, -0.1) is 0 Å². The van der Waals surface area contributed by atoms with E-state index in [2.05, 4.69) is 24.8 Å². The molecule has 3 aromatic rings. The van der Waals surface area contributed by atoms with Crippen LogP contribution in [-0.2, 0) is 4.79 Å². The van der Waals surface area contributed by atoms with E-state index in [0.717, 1.165) is 37.1 Å². The summed E-state index contributed by atoms with van der Waals surface area (Å²) < 4.78 is 7.44. The van der Waals surface area contributed by atoms with Crippen molar-refractivity contribution in [1.29, 1.82) is 0 Å². The number of aromatic nitrogens is 3. The van der Waals surface area contributed by atoms with Crippen LogP contribution < -0.4 is 10.1 Å². The Balaban J connectivity index is 1.34. The van der Waals surface area contributed by atoms with Gasteiger partial charge in [-0.05, 0) is 43.2 Å². The van der Waals surface area contributed by atoms with Gasteiger partial charge in [-0.3, -0.25) is 9.69 Å². The molecule has 146 valence electrons. The fourth-order valence-corrected chi connectivity index (χ4v) is 3.83. The van der Waals surface area contributed by atoms with Crippen LogP contribution in [-0.4, -0.2) is 52.1 Å². The minimum absolute atomic E-state index is 0.0752. The molecular formula is C20H22ClN5O2. The van der Waals surface area contributed by atoms with Crippen LogP contribution in [0.2, 0.25) is 5.02 Å². The number of rotatable bonds is 5. The normalized spacial score (nSPS) is 15.6. The Morgan fingerprint density at radius 2 is 2.11 bits per heavy atom. The van der Waals surface area contributed by atoms with Gasteiger partial charge in [0.2, 0.25) is 5.91 Å². The average Bonchev–Trinajstić information content (AvgIpc) is 3.13. The van der Waals surface area contributed by atoms with Crippen molar-refractivity contribution >= 4 is 34.4 Å². The standard InChI is InChI=1S/C20H22ClN5O2/c1-28-18-5-4-14(21)11-17(18)24-19(27)12-25-9-6-15(7-10-25)26-13-23-16-3-2-8-22-20(16)26/h2-5,8,11,13,15H,6-7,9-10,12H2,1H3,(H,24,27). The van der Waals surface area contributed by atoms with E-state index in [1.165, 1.54) is 0 Å². The first-order valence-corrected chi connectivity index (χ1v) is 9.65. The molecule has 28 heavy (non-hydrogen) atoms. The Kier molecular flexibility index (Phi) is 5.45. The van der Waals surface area contributed by atoms with Gasteiger partial charge in [-0.2, -0.15) is 0 Å². The second kappa shape index (κ2) is 8.16. The van der Waals surface area contributed by atoms with Crippen molar-refractivity contribution in [3.8, 4) is 5.75 Å². The summed E-state index contributed by atoms with van der Waals surface area (Å²) in [5, 5.41) is 3.45. The summed E-state index contributed by atoms with van der Waals surface area (Å²) in [5.74, 6) is 0.518.